The highest BCUT2D eigenvalue weighted by atomic mass is 15.2. The number of anilines is 1. The van der Waals surface area contributed by atoms with E-state index >= 15 is 0 Å². The van der Waals surface area contributed by atoms with Crippen molar-refractivity contribution < 1.29 is 0 Å². The second-order valence-corrected chi connectivity index (χ2v) is 5.01. The summed E-state index contributed by atoms with van der Waals surface area (Å²) in [5.74, 6) is 0.997. The molecule has 3 aromatic rings. The number of benzene rings is 3. The molecule has 0 spiro atoms. The molecule has 0 aliphatic carbocycles. The van der Waals surface area contributed by atoms with Crippen LogP contribution in [0.25, 0.3) is 10.8 Å². The van der Waals surface area contributed by atoms with Gasteiger partial charge in [-0.1, -0.05) is 54.6 Å². The summed E-state index contributed by atoms with van der Waals surface area (Å²) in [6, 6.07) is 23.0. The topological polar surface area (TPSA) is 15.6 Å². The second-order valence-electron chi connectivity index (χ2n) is 5.01. The molecule has 0 atom stereocenters. The van der Waals surface area contributed by atoms with Crippen LogP contribution in [0, 0.1) is 0 Å². The molecule has 0 saturated carbocycles. The number of nitrogens with zero attached hydrogens (tertiary/aromatic N) is 2. The summed E-state index contributed by atoms with van der Waals surface area (Å²) in [6.45, 7) is 0. The molecule has 0 unspecified atom stereocenters. The smallest absolute Gasteiger partial charge is 0.140 e. The van der Waals surface area contributed by atoms with Crippen LogP contribution in [0.15, 0.2) is 71.7 Å². The number of aliphatic imine (C=N–C) groups is 1. The Morgan fingerprint density at radius 3 is 2.35 bits per heavy atom. The van der Waals surface area contributed by atoms with E-state index in [2.05, 4.69) is 60.5 Å². The first-order valence-electron chi connectivity index (χ1n) is 6.74. The Balaban J connectivity index is 2.02. The number of hydrogen-bond donors (Lipinski definition) is 0. The van der Waals surface area contributed by atoms with Gasteiger partial charge in [0, 0.05) is 18.0 Å². The van der Waals surface area contributed by atoms with Gasteiger partial charge in [-0.3, -0.25) is 0 Å². The van der Waals surface area contributed by atoms with Crippen molar-refractivity contribution in [3.05, 3.63) is 72.3 Å². The zero-order chi connectivity index (χ0) is 13.5. The molecular formula is C18H14N2. The van der Waals surface area contributed by atoms with Crippen molar-refractivity contribution in [1.29, 1.82) is 0 Å². The van der Waals surface area contributed by atoms with Crippen molar-refractivity contribution in [3.63, 3.8) is 0 Å². The van der Waals surface area contributed by atoms with Crippen molar-refractivity contribution in [2.75, 3.05) is 11.9 Å². The summed E-state index contributed by atoms with van der Waals surface area (Å²) < 4.78 is 0. The Kier molecular flexibility index (Phi) is 2.36. The first-order valence-corrected chi connectivity index (χ1v) is 6.74. The Morgan fingerprint density at radius 1 is 0.800 bits per heavy atom. The first-order chi connectivity index (χ1) is 9.84. The molecule has 0 bridgehead atoms. The van der Waals surface area contributed by atoms with Gasteiger partial charge in [-0.15, -0.1) is 0 Å². The Morgan fingerprint density at radius 2 is 1.55 bits per heavy atom. The van der Waals surface area contributed by atoms with Gasteiger partial charge in [0.2, 0.25) is 0 Å². The lowest BCUT2D eigenvalue weighted by atomic mass is 10.0. The number of hydrogen-bond acceptors (Lipinski definition) is 2. The summed E-state index contributed by atoms with van der Waals surface area (Å²) in [7, 11) is 2.08. The lowest BCUT2D eigenvalue weighted by Crippen LogP contribution is -2.29. The second kappa shape index (κ2) is 4.20. The number of amidine groups is 1. The maximum atomic E-state index is 4.86. The van der Waals surface area contributed by atoms with Gasteiger partial charge in [0.1, 0.15) is 5.84 Å². The highest BCUT2D eigenvalue weighted by molar-refractivity contribution is 6.19. The van der Waals surface area contributed by atoms with E-state index in [9.17, 15) is 0 Å². The molecule has 2 nitrogen and oxygen atoms in total. The quantitative estimate of drug-likeness (QED) is 0.633. The van der Waals surface area contributed by atoms with Crippen LogP contribution in [-0.2, 0) is 0 Å². The van der Waals surface area contributed by atoms with Crippen molar-refractivity contribution in [2.45, 2.75) is 0 Å². The van der Waals surface area contributed by atoms with Gasteiger partial charge >= 0.3 is 0 Å². The molecule has 4 rings (SSSR count). The molecule has 20 heavy (non-hydrogen) atoms. The zero-order valence-electron chi connectivity index (χ0n) is 11.2. The average molecular weight is 258 g/mol. The minimum Gasteiger partial charge on any atom is -0.328 e. The Labute approximate surface area is 118 Å². The Bertz CT molecular complexity index is 814. The van der Waals surface area contributed by atoms with Crippen LogP contribution in [0.5, 0.6) is 0 Å². The average Bonchev–Trinajstić information content (AvgIpc) is 2.52. The minimum absolute atomic E-state index is 0.997. The van der Waals surface area contributed by atoms with E-state index in [0.29, 0.717) is 0 Å². The fraction of sp³-hybridized carbons (Fsp3) is 0.0556. The molecule has 2 heteroatoms. The lowest BCUT2D eigenvalue weighted by Gasteiger charge is -2.27. The molecule has 0 saturated heterocycles. The predicted molar refractivity (Wildman–Crippen MR) is 85.0 cm³/mol. The molecule has 0 N–H and O–H groups in total. The fourth-order valence-corrected chi connectivity index (χ4v) is 2.82. The van der Waals surface area contributed by atoms with Gasteiger partial charge in [-0.05, 0) is 17.5 Å². The molecule has 0 fully saturated rings. The molecule has 1 aliphatic rings. The van der Waals surface area contributed by atoms with E-state index in [-0.39, 0.29) is 0 Å². The van der Waals surface area contributed by atoms with Crippen LogP contribution in [0.2, 0.25) is 0 Å². The van der Waals surface area contributed by atoms with Gasteiger partial charge < -0.3 is 4.90 Å². The summed E-state index contributed by atoms with van der Waals surface area (Å²) in [5.41, 5.74) is 3.41. The predicted octanol–water partition coefficient (Wildman–Crippen LogP) is 4.37. The van der Waals surface area contributed by atoms with Gasteiger partial charge in [0.05, 0.1) is 11.4 Å². The van der Waals surface area contributed by atoms with Crippen LogP contribution < -0.4 is 4.90 Å². The summed E-state index contributed by atoms with van der Waals surface area (Å²) in [6.07, 6.45) is 0. The third-order valence-electron chi connectivity index (χ3n) is 3.80. The van der Waals surface area contributed by atoms with Gasteiger partial charge in [0.25, 0.3) is 0 Å². The fourth-order valence-electron chi connectivity index (χ4n) is 2.82. The Hall–Kier alpha value is -2.61. The first kappa shape index (κ1) is 11.2. The highest BCUT2D eigenvalue weighted by Crippen LogP contribution is 2.38. The third kappa shape index (κ3) is 1.55. The van der Waals surface area contributed by atoms with Crippen LogP contribution in [0.1, 0.15) is 5.56 Å². The van der Waals surface area contributed by atoms with Crippen LogP contribution >= 0.6 is 0 Å². The molecule has 0 aromatic heterocycles. The third-order valence-corrected chi connectivity index (χ3v) is 3.80. The molecule has 1 heterocycles. The largest absolute Gasteiger partial charge is 0.328 e. The van der Waals surface area contributed by atoms with Crippen molar-refractivity contribution in [1.82, 2.24) is 0 Å². The van der Waals surface area contributed by atoms with Gasteiger partial charge in [-0.25, -0.2) is 4.99 Å². The van der Waals surface area contributed by atoms with Crippen LogP contribution in [0.4, 0.5) is 11.4 Å². The molecule has 96 valence electrons. The van der Waals surface area contributed by atoms with Gasteiger partial charge in [0.15, 0.2) is 0 Å². The molecular weight excluding hydrogens is 244 g/mol. The van der Waals surface area contributed by atoms with Crippen LogP contribution in [0.3, 0.4) is 0 Å². The minimum atomic E-state index is 0.997. The summed E-state index contributed by atoms with van der Waals surface area (Å²) >= 11 is 0. The highest BCUT2D eigenvalue weighted by Gasteiger charge is 2.20. The summed E-state index contributed by atoms with van der Waals surface area (Å²) in [4.78, 5) is 7.03. The van der Waals surface area contributed by atoms with Gasteiger partial charge in [-0.2, -0.15) is 0 Å². The maximum absolute atomic E-state index is 4.86. The lowest BCUT2D eigenvalue weighted by molar-refractivity contribution is 1.24. The molecule has 1 aliphatic heterocycles. The maximum Gasteiger partial charge on any atom is 0.140 e. The molecule has 0 amide bonds. The standard InChI is InChI=1S/C18H14N2/c1-20-16-12-6-10-13-9-5-11-15(17(13)16)19-18(20)14-7-3-2-4-8-14/h2-12H,1H3. The van der Waals surface area contributed by atoms with Crippen molar-refractivity contribution in [3.8, 4) is 0 Å². The summed E-state index contributed by atoms with van der Waals surface area (Å²) in [5, 5.41) is 2.47. The van der Waals surface area contributed by atoms with E-state index in [1.165, 1.54) is 16.5 Å². The number of rotatable bonds is 1. The van der Waals surface area contributed by atoms with E-state index in [1.807, 2.05) is 18.2 Å². The molecule has 0 radical (unpaired) electrons. The van der Waals surface area contributed by atoms with Crippen molar-refractivity contribution in [2.24, 2.45) is 4.99 Å². The SMILES string of the molecule is CN1C(c2ccccc2)=Nc2cccc3cccc1c23. The van der Waals surface area contributed by atoms with E-state index < -0.39 is 0 Å². The van der Waals surface area contributed by atoms with E-state index in [4.69, 9.17) is 4.99 Å². The zero-order valence-corrected chi connectivity index (χ0v) is 11.2. The normalized spacial score (nSPS) is 13.4. The van der Waals surface area contributed by atoms with Crippen molar-refractivity contribution >= 4 is 28.0 Å². The van der Waals surface area contributed by atoms with E-state index in [0.717, 1.165) is 17.1 Å². The van der Waals surface area contributed by atoms with E-state index in [1.54, 1.807) is 0 Å². The monoisotopic (exact) mass is 258 g/mol. The molecule has 3 aromatic carbocycles. The van der Waals surface area contributed by atoms with Crippen LogP contribution in [-0.4, -0.2) is 12.9 Å².